The van der Waals surface area contributed by atoms with Crippen LogP contribution in [0.15, 0.2) is 42.5 Å². The van der Waals surface area contributed by atoms with E-state index in [9.17, 15) is 19.2 Å². The van der Waals surface area contributed by atoms with Gasteiger partial charge < -0.3 is 0 Å². The van der Waals surface area contributed by atoms with Crippen molar-refractivity contribution in [2.75, 3.05) is 0 Å². The second-order valence-electron chi connectivity index (χ2n) is 16.7. The average Bonchev–Trinajstić information content (AvgIpc) is 3.09. The van der Waals surface area contributed by atoms with Crippen LogP contribution in [0.25, 0.3) is 0 Å². The summed E-state index contributed by atoms with van der Waals surface area (Å²) in [6, 6.07) is 14.5. The van der Waals surface area contributed by atoms with Crippen molar-refractivity contribution < 1.29 is 19.2 Å². The summed E-state index contributed by atoms with van der Waals surface area (Å²) < 4.78 is 0. The Bertz CT molecular complexity index is 1480. The number of hydrogen-bond donors (Lipinski definition) is 0. The van der Waals surface area contributed by atoms with Gasteiger partial charge in [0.15, 0.2) is 0 Å². The van der Waals surface area contributed by atoms with Gasteiger partial charge in [-0.25, -0.2) is 0 Å². The van der Waals surface area contributed by atoms with E-state index < -0.39 is 5.41 Å². The Labute approximate surface area is 289 Å². The fourth-order valence-corrected chi connectivity index (χ4v) is 10.3. The number of carbonyl (C=O) groups excluding carboxylic acids is 4. The van der Waals surface area contributed by atoms with Gasteiger partial charge in [-0.1, -0.05) is 87.1 Å². The molecule has 4 nitrogen and oxygen atoms in total. The Morgan fingerprint density at radius 2 is 1.33 bits per heavy atom. The van der Waals surface area contributed by atoms with Crippen molar-refractivity contribution in [3.05, 3.63) is 70.3 Å². The molecule has 0 radical (unpaired) electrons. The Hall–Kier alpha value is -2.88. The number of fused-ring (bicyclic) bond motifs is 1. The lowest BCUT2D eigenvalue weighted by Gasteiger charge is -2.39. The molecule has 0 bridgehead atoms. The van der Waals surface area contributed by atoms with Crippen molar-refractivity contribution in [1.82, 2.24) is 0 Å². The van der Waals surface area contributed by atoms with Crippen LogP contribution in [-0.4, -0.2) is 23.1 Å². The van der Waals surface area contributed by atoms with E-state index in [2.05, 4.69) is 36.4 Å². The summed E-state index contributed by atoms with van der Waals surface area (Å²) >= 11 is 0. The monoisotopic (exact) mass is 650 g/mol. The molecule has 258 valence electrons. The Morgan fingerprint density at radius 3 is 2.04 bits per heavy atom. The van der Waals surface area contributed by atoms with Crippen LogP contribution in [0.2, 0.25) is 0 Å². The summed E-state index contributed by atoms with van der Waals surface area (Å²) in [6.45, 7) is 6.02. The second-order valence-corrected chi connectivity index (χ2v) is 16.7. The predicted octanol–water partition coefficient (Wildman–Crippen LogP) is 9.52. The van der Waals surface area contributed by atoms with Crippen molar-refractivity contribution in [3.8, 4) is 0 Å². The normalized spacial score (nSPS) is 27.9. The van der Waals surface area contributed by atoms with E-state index in [4.69, 9.17) is 0 Å². The van der Waals surface area contributed by atoms with Gasteiger partial charge >= 0.3 is 0 Å². The summed E-state index contributed by atoms with van der Waals surface area (Å²) in [5.41, 5.74) is 4.74. The van der Waals surface area contributed by atoms with Crippen LogP contribution < -0.4 is 0 Å². The molecule has 0 amide bonds. The molecule has 4 heteroatoms. The fourth-order valence-electron chi connectivity index (χ4n) is 10.3. The van der Waals surface area contributed by atoms with Gasteiger partial charge in [0.2, 0.25) is 0 Å². The number of ketones is 4. The molecule has 2 aromatic rings. The average molecular weight is 651 g/mol. The van der Waals surface area contributed by atoms with Crippen molar-refractivity contribution in [1.29, 1.82) is 0 Å². The molecule has 0 aliphatic heterocycles. The zero-order valence-electron chi connectivity index (χ0n) is 29.9. The number of rotatable bonds is 11. The van der Waals surface area contributed by atoms with E-state index >= 15 is 0 Å². The molecule has 2 atom stereocenters. The number of aryl methyl sites for hydroxylation is 2. The topological polar surface area (TPSA) is 68.3 Å². The van der Waals surface area contributed by atoms with Gasteiger partial charge in [0.25, 0.3) is 0 Å². The van der Waals surface area contributed by atoms with E-state index in [1.165, 1.54) is 43.2 Å². The van der Waals surface area contributed by atoms with Crippen molar-refractivity contribution in [2.45, 2.75) is 136 Å². The van der Waals surface area contributed by atoms with E-state index in [0.717, 1.165) is 86.3 Å². The van der Waals surface area contributed by atoms with Crippen molar-refractivity contribution in [2.24, 2.45) is 40.9 Å². The SMILES string of the molecule is Cc1ccc(C)c(CC(=O)CC(C)(CC(=O)C2CCC(C3Cc4ccccc4CC3=O)CC2)C(=O)C2CCC(C3CCCCC3)CC2)c1. The molecule has 0 aromatic heterocycles. The van der Waals surface area contributed by atoms with Crippen molar-refractivity contribution >= 4 is 23.1 Å². The summed E-state index contributed by atoms with van der Waals surface area (Å²) in [6.07, 6.45) is 16.0. The molecule has 0 heterocycles. The molecule has 4 aliphatic carbocycles. The van der Waals surface area contributed by atoms with Gasteiger partial charge in [0.1, 0.15) is 23.1 Å². The van der Waals surface area contributed by atoms with Crippen LogP contribution in [0, 0.1) is 54.8 Å². The van der Waals surface area contributed by atoms with Crippen LogP contribution in [0.3, 0.4) is 0 Å². The standard InChI is InChI=1S/C44H58O4/c1-29-13-14-30(2)38(23-29)24-39(45)27-44(3,43(48)35-21-15-32(16-22-35)31-9-5-4-6-10-31)28-42(47)34-19-17-33(18-20-34)40-25-36-11-7-8-12-37(36)26-41(40)46/h7-8,11-14,23,31-35,40H,4-6,9-10,15-22,24-28H2,1-3H3. The Balaban J connectivity index is 1.11. The van der Waals surface area contributed by atoms with Gasteiger partial charge in [-0.2, -0.15) is 0 Å². The maximum atomic E-state index is 14.5. The molecular formula is C44H58O4. The van der Waals surface area contributed by atoms with Gasteiger partial charge in [0, 0.05) is 48.9 Å². The minimum atomic E-state index is -0.964. The quantitative estimate of drug-likeness (QED) is 0.243. The van der Waals surface area contributed by atoms with Gasteiger partial charge in [-0.05, 0) is 112 Å². The lowest BCUT2D eigenvalue weighted by atomic mass is 9.64. The van der Waals surface area contributed by atoms with Crippen molar-refractivity contribution in [3.63, 3.8) is 0 Å². The lowest BCUT2D eigenvalue weighted by Crippen LogP contribution is -2.41. The molecule has 0 saturated heterocycles. The van der Waals surface area contributed by atoms with Gasteiger partial charge in [-0.3, -0.25) is 19.2 Å². The molecule has 4 aliphatic rings. The molecule has 6 rings (SSSR count). The first-order chi connectivity index (χ1) is 23.1. The summed E-state index contributed by atoms with van der Waals surface area (Å²) in [5, 5.41) is 0. The zero-order chi connectivity index (χ0) is 33.8. The van der Waals surface area contributed by atoms with E-state index in [-0.39, 0.29) is 47.9 Å². The van der Waals surface area contributed by atoms with Crippen LogP contribution in [0.5, 0.6) is 0 Å². The minimum absolute atomic E-state index is 0.0490. The van der Waals surface area contributed by atoms with Crippen LogP contribution in [-0.2, 0) is 38.4 Å². The molecule has 0 spiro atoms. The third-order valence-electron chi connectivity index (χ3n) is 13.2. The minimum Gasteiger partial charge on any atom is -0.299 e. The zero-order valence-corrected chi connectivity index (χ0v) is 29.9. The van der Waals surface area contributed by atoms with Crippen LogP contribution in [0.4, 0.5) is 0 Å². The van der Waals surface area contributed by atoms with E-state index in [0.29, 0.717) is 24.5 Å². The number of benzene rings is 2. The Kier molecular flexibility index (Phi) is 11.2. The van der Waals surface area contributed by atoms with Gasteiger partial charge in [-0.15, -0.1) is 0 Å². The highest BCUT2D eigenvalue weighted by Gasteiger charge is 2.44. The third kappa shape index (κ3) is 8.11. The van der Waals surface area contributed by atoms with E-state index in [1.807, 2.05) is 26.8 Å². The maximum Gasteiger partial charge on any atom is 0.142 e. The third-order valence-corrected chi connectivity index (χ3v) is 13.2. The Morgan fingerprint density at radius 1 is 0.708 bits per heavy atom. The number of hydrogen-bond acceptors (Lipinski definition) is 4. The number of Topliss-reactive ketones (excluding diaryl/α,β-unsaturated/α-hetero) is 4. The van der Waals surface area contributed by atoms with E-state index in [1.54, 1.807) is 0 Å². The highest BCUT2D eigenvalue weighted by atomic mass is 16.1. The fraction of sp³-hybridized carbons (Fsp3) is 0.636. The first-order valence-corrected chi connectivity index (χ1v) is 19.3. The summed E-state index contributed by atoms with van der Waals surface area (Å²) in [4.78, 5) is 55.4. The largest absolute Gasteiger partial charge is 0.299 e. The summed E-state index contributed by atoms with van der Waals surface area (Å²) in [7, 11) is 0. The molecular weight excluding hydrogens is 592 g/mol. The summed E-state index contributed by atoms with van der Waals surface area (Å²) in [5.74, 6) is 2.50. The molecule has 3 fully saturated rings. The molecule has 0 N–H and O–H groups in total. The highest BCUT2D eigenvalue weighted by Crippen LogP contribution is 2.45. The number of carbonyl (C=O) groups is 4. The molecule has 3 saturated carbocycles. The molecule has 48 heavy (non-hydrogen) atoms. The maximum absolute atomic E-state index is 14.5. The molecule has 2 unspecified atom stereocenters. The highest BCUT2D eigenvalue weighted by molar-refractivity contribution is 5.97. The predicted molar refractivity (Wildman–Crippen MR) is 192 cm³/mol. The first kappa shape index (κ1) is 35.0. The van der Waals surface area contributed by atoms with Crippen LogP contribution >= 0.6 is 0 Å². The first-order valence-electron chi connectivity index (χ1n) is 19.3. The smallest absolute Gasteiger partial charge is 0.142 e. The lowest BCUT2D eigenvalue weighted by molar-refractivity contribution is -0.142. The van der Waals surface area contributed by atoms with Crippen LogP contribution in [0.1, 0.15) is 131 Å². The molecule has 2 aromatic carbocycles. The second kappa shape index (κ2) is 15.3. The van der Waals surface area contributed by atoms with Gasteiger partial charge in [0.05, 0.1) is 0 Å².